The zero-order valence-electron chi connectivity index (χ0n) is 11.2. The Morgan fingerprint density at radius 3 is 2.95 bits per heavy atom. The summed E-state index contributed by atoms with van der Waals surface area (Å²) in [5.41, 5.74) is 5.14. The number of aromatic nitrogens is 1. The average Bonchev–Trinajstić information content (AvgIpc) is 2.92. The number of methoxy groups -OCH3 is 1. The van der Waals surface area contributed by atoms with E-state index in [0.29, 0.717) is 5.25 Å². The first kappa shape index (κ1) is 13.4. The number of pyridine rings is 1. The van der Waals surface area contributed by atoms with Crippen LogP contribution in [0.25, 0.3) is 0 Å². The predicted molar refractivity (Wildman–Crippen MR) is 80.6 cm³/mol. The third-order valence-corrected chi connectivity index (χ3v) is 4.93. The maximum atomic E-state index is 5.78. The molecule has 2 atom stereocenters. The maximum absolute atomic E-state index is 5.78. The Morgan fingerprint density at radius 1 is 1.35 bits per heavy atom. The molecule has 0 amide bonds. The molecule has 2 unspecified atom stereocenters. The molecule has 5 heteroatoms. The van der Waals surface area contributed by atoms with Gasteiger partial charge in [-0.2, -0.15) is 0 Å². The van der Waals surface area contributed by atoms with Gasteiger partial charge < -0.3 is 4.74 Å². The van der Waals surface area contributed by atoms with Crippen LogP contribution in [-0.2, 0) is 6.42 Å². The number of rotatable bonds is 4. The van der Waals surface area contributed by atoms with E-state index in [1.807, 2.05) is 23.9 Å². The highest BCUT2D eigenvalue weighted by atomic mass is 32.2. The Bertz CT molecular complexity index is 580. The second kappa shape index (κ2) is 5.83. The number of hydrogen-bond donors (Lipinski definition) is 2. The zero-order valence-corrected chi connectivity index (χ0v) is 12.1. The average molecular weight is 287 g/mol. The second-order valence-corrected chi connectivity index (χ2v) is 5.98. The van der Waals surface area contributed by atoms with Crippen molar-refractivity contribution in [3.8, 4) is 5.75 Å². The topological polar surface area (TPSA) is 60.2 Å². The van der Waals surface area contributed by atoms with Crippen molar-refractivity contribution in [1.82, 2.24) is 10.4 Å². The molecule has 0 aliphatic carbocycles. The molecule has 3 rings (SSSR count). The molecular formula is C15H17N3OS. The van der Waals surface area contributed by atoms with Crippen LogP contribution >= 0.6 is 11.8 Å². The van der Waals surface area contributed by atoms with Gasteiger partial charge in [-0.3, -0.25) is 16.3 Å². The molecule has 1 aromatic heterocycles. The normalized spacial score (nSPS) is 18.6. The van der Waals surface area contributed by atoms with E-state index in [1.165, 1.54) is 10.5 Å². The second-order valence-electron chi connectivity index (χ2n) is 4.70. The summed E-state index contributed by atoms with van der Waals surface area (Å²) in [6.45, 7) is 0. The fraction of sp³-hybridized carbons (Fsp3) is 0.267. The summed E-state index contributed by atoms with van der Waals surface area (Å²) in [5.74, 6) is 6.55. The number of benzene rings is 1. The molecular weight excluding hydrogens is 270 g/mol. The van der Waals surface area contributed by atoms with E-state index in [4.69, 9.17) is 10.6 Å². The SMILES string of the molecule is COc1cccnc1C(NN)C1Cc2ccccc2S1. The van der Waals surface area contributed by atoms with E-state index in [-0.39, 0.29) is 6.04 Å². The molecule has 2 aromatic rings. The molecule has 0 spiro atoms. The largest absolute Gasteiger partial charge is 0.495 e. The third-order valence-electron chi connectivity index (χ3n) is 3.54. The molecule has 1 aliphatic heterocycles. The molecule has 104 valence electrons. The van der Waals surface area contributed by atoms with Gasteiger partial charge >= 0.3 is 0 Å². The summed E-state index contributed by atoms with van der Waals surface area (Å²) in [7, 11) is 1.66. The lowest BCUT2D eigenvalue weighted by Gasteiger charge is -2.22. The molecule has 3 N–H and O–H groups in total. The first-order valence-corrected chi connectivity index (χ1v) is 7.41. The van der Waals surface area contributed by atoms with Gasteiger partial charge in [-0.1, -0.05) is 18.2 Å². The van der Waals surface area contributed by atoms with Crippen LogP contribution in [0.3, 0.4) is 0 Å². The van der Waals surface area contributed by atoms with Gasteiger partial charge in [0.1, 0.15) is 11.4 Å². The first-order chi connectivity index (χ1) is 9.83. The number of nitrogens with two attached hydrogens (primary N) is 1. The maximum Gasteiger partial charge on any atom is 0.142 e. The summed E-state index contributed by atoms with van der Waals surface area (Å²) in [4.78, 5) is 5.77. The van der Waals surface area contributed by atoms with Crippen molar-refractivity contribution < 1.29 is 4.74 Å². The van der Waals surface area contributed by atoms with Crippen LogP contribution in [-0.4, -0.2) is 17.3 Å². The predicted octanol–water partition coefficient (Wildman–Crippen LogP) is 2.31. The van der Waals surface area contributed by atoms with Crippen molar-refractivity contribution in [1.29, 1.82) is 0 Å². The summed E-state index contributed by atoms with van der Waals surface area (Å²) >= 11 is 1.84. The Kier molecular flexibility index (Phi) is 3.91. The van der Waals surface area contributed by atoms with Gasteiger partial charge in [-0.25, -0.2) is 0 Å². The lowest BCUT2D eigenvalue weighted by atomic mass is 10.0. The number of hydrogen-bond acceptors (Lipinski definition) is 5. The van der Waals surface area contributed by atoms with E-state index in [0.717, 1.165) is 17.9 Å². The van der Waals surface area contributed by atoms with Gasteiger partial charge in [0, 0.05) is 16.3 Å². The fourth-order valence-corrected chi connectivity index (χ4v) is 3.96. The quantitative estimate of drug-likeness (QED) is 0.667. The number of ether oxygens (including phenoxy) is 1. The van der Waals surface area contributed by atoms with Crippen LogP contribution in [0.5, 0.6) is 5.75 Å². The first-order valence-electron chi connectivity index (χ1n) is 6.53. The molecule has 0 radical (unpaired) electrons. The van der Waals surface area contributed by atoms with Crippen LogP contribution in [0.15, 0.2) is 47.5 Å². The van der Waals surface area contributed by atoms with Crippen LogP contribution in [0.2, 0.25) is 0 Å². The zero-order chi connectivity index (χ0) is 13.9. The minimum Gasteiger partial charge on any atom is -0.495 e. The lowest BCUT2D eigenvalue weighted by molar-refractivity contribution is 0.392. The number of nitrogens with one attached hydrogen (secondary N) is 1. The minimum absolute atomic E-state index is 0.0384. The summed E-state index contributed by atoms with van der Waals surface area (Å²) in [6.07, 6.45) is 2.75. The Hall–Kier alpha value is -1.56. The molecule has 20 heavy (non-hydrogen) atoms. The van der Waals surface area contributed by atoms with E-state index in [9.17, 15) is 0 Å². The van der Waals surface area contributed by atoms with Crippen LogP contribution < -0.4 is 16.0 Å². The number of hydrazine groups is 1. The van der Waals surface area contributed by atoms with Crippen molar-refractivity contribution in [2.75, 3.05) is 7.11 Å². The van der Waals surface area contributed by atoms with Crippen LogP contribution in [0, 0.1) is 0 Å². The molecule has 2 heterocycles. The van der Waals surface area contributed by atoms with Crippen molar-refractivity contribution in [3.05, 3.63) is 53.9 Å². The van der Waals surface area contributed by atoms with Crippen molar-refractivity contribution in [2.24, 2.45) is 5.84 Å². The highest BCUT2D eigenvalue weighted by Crippen LogP contribution is 2.43. The molecule has 1 aliphatic rings. The Labute approximate surface area is 122 Å². The van der Waals surface area contributed by atoms with E-state index < -0.39 is 0 Å². The third kappa shape index (κ3) is 2.40. The van der Waals surface area contributed by atoms with Crippen LogP contribution in [0.1, 0.15) is 17.3 Å². The van der Waals surface area contributed by atoms with Crippen molar-refractivity contribution >= 4 is 11.8 Å². The highest BCUT2D eigenvalue weighted by Gasteiger charge is 2.32. The summed E-state index contributed by atoms with van der Waals surface area (Å²) in [6, 6.07) is 12.2. The van der Waals surface area contributed by atoms with Gasteiger partial charge in [0.2, 0.25) is 0 Å². The monoisotopic (exact) mass is 287 g/mol. The Balaban J connectivity index is 1.89. The molecule has 0 fully saturated rings. The molecule has 0 saturated heterocycles. The van der Waals surface area contributed by atoms with E-state index in [2.05, 4.69) is 34.7 Å². The summed E-state index contributed by atoms with van der Waals surface area (Å²) in [5, 5.41) is 0.321. The number of nitrogens with zero attached hydrogens (tertiary/aromatic N) is 1. The van der Waals surface area contributed by atoms with Crippen LogP contribution in [0.4, 0.5) is 0 Å². The minimum atomic E-state index is -0.0384. The summed E-state index contributed by atoms with van der Waals surface area (Å²) < 4.78 is 5.40. The molecule has 0 bridgehead atoms. The van der Waals surface area contributed by atoms with Gasteiger partial charge in [0.25, 0.3) is 0 Å². The standard InChI is InChI=1S/C15H17N3OS/c1-19-11-6-4-8-17-14(11)15(18-16)13-9-10-5-2-3-7-12(10)20-13/h2-8,13,15,18H,9,16H2,1H3. The van der Waals surface area contributed by atoms with Gasteiger partial charge in [0.05, 0.1) is 13.2 Å². The number of thioether (sulfide) groups is 1. The fourth-order valence-electron chi connectivity index (χ4n) is 2.57. The van der Waals surface area contributed by atoms with Crippen molar-refractivity contribution in [3.63, 3.8) is 0 Å². The lowest BCUT2D eigenvalue weighted by Crippen LogP contribution is -2.36. The van der Waals surface area contributed by atoms with E-state index in [1.54, 1.807) is 13.3 Å². The number of fused-ring (bicyclic) bond motifs is 1. The van der Waals surface area contributed by atoms with Gasteiger partial charge in [-0.15, -0.1) is 11.8 Å². The van der Waals surface area contributed by atoms with E-state index >= 15 is 0 Å². The van der Waals surface area contributed by atoms with Gasteiger partial charge in [0.15, 0.2) is 0 Å². The van der Waals surface area contributed by atoms with Crippen molar-refractivity contribution in [2.45, 2.75) is 22.6 Å². The smallest absolute Gasteiger partial charge is 0.142 e. The molecule has 0 saturated carbocycles. The molecule has 4 nitrogen and oxygen atoms in total. The molecule has 1 aromatic carbocycles. The highest BCUT2D eigenvalue weighted by molar-refractivity contribution is 8.00. The Morgan fingerprint density at radius 2 is 2.20 bits per heavy atom. The van der Waals surface area contributed by atoms with Gasteiger partial charge in [-0.05, 0) is 30.2 Å².